The Kier molecular flexibility index (Phi) is 7.95. The Labute approximate surface area is 371 Å². The summed E-state index contributed by atoms with van der Waals surface area (Å²) in [7, 11) is 0. The van der Waals surface area contributed by atoms with Crippen LogP contribution in [0.1, 0.15) is 25.0 Å². The van der Waals surface area contributed by atoms with Crippen molar-refractivity contribution in [3.05, 3.63) is 230 Å². The van der Waals surface area contributed by atoms with Crippen molar-refractivity contribution < 1.29 is 4.42 Å². The van der Waals surface area contributed by atoms with E-state index in [1.54, 1.807) is 0 Å². The van der Waals surface area contributed by atoms with Crippen LogP contribution in [-0.2, 0) is 5.41 Å². The van der Waals surface area contributed by atoms with Gasteiger partial charge in [0.05, 0.1) is 11.0 Å². The molecular formula is C61H42N2O. The van der Waals surface area contributed by atoms with Gasteiger partial charge >= 0.3 is 0 Å². The Morgan fingerprint density at radius 3 is 1.83 bits per heavy atom. The molecule has 0 fully saturated rings. The summed E-state index contributed by atoms with van der Waals surface area (Å²) in [6.07, 6.45) is 0. The largest absolute Gasteiger partial charge is 0.456 e. The van der Waals surface area contributed by atoms with Gasteiger partial charge in [0.2, 0.25) is 0 Å². The summed E-state index contributed by atoms with van der Waals surface area (Å²) in [6, 6.07) is 79.7. The molecule has 0 spiro atoms. The van der Waals surface area contributed by atoms with Crippen LogP contribution in [0.2, 0.25) is 0 Å². The molecule has 2 aromatic heterocycles. The number of rotatable bonds is 6. The van der Waals surface area contributed by atoms with E-state index in [-0.39, 0.29) is 5.41 Å². The van der Waals surface area contributed by atoms with Crippen LogP contribution >= 0.6 is 0 Å². The molecule has 3 nitrogen and oxygen atoms in total. The van der Waals surface area contributed by atoms with Crippen LogP contribution in [0.3, 0.4) is 0 Å². The van der Waals surface area contributed by atoms with Crippen LogP contribution in [0.5, 0.6) is 0 Å². The average Bonchev–Trinajstić information content (AvgIpc) is 3.96. The number of fused-ring (bicyclic) bond motifs is 10. The van der Waals surface area contributed by atoms with Crippen LogP contribution in [-0.4, -0.2) is 4.57 Å². The van der Waals surface area contributed by atoms with Crippen molar-refractivity contribution in [2.24, 2.45) is 0 Å². The van der Waals surface area contributed by atoms with Crippen molar-refractivity contribution in [1.29, 1.82) is 0 Å². The van der Waals surface area contributed by atoms with Gasteiger partial charge in [-0.2, -0.15) is 0 Å². The van der Waals surface area contributed by atoms with E-state index in [1.165, 1.54) is 82.8 Å². The van der Waals surface area contributed by atoms with Crippen LogP contribution in [0.25, 0.3) is 93.6 Å². The highest BCUT2D eigenvalue weighted by molar-refractivity contribution is 6.11. The van der Waals surface area contributed by atoms with Crippen LogP contribution < -0.4 is 4.90 Å². The number of benzene rings is 10. The second kappa shape index (κ2) is 13.9. The molecule has 0 radical (unpaired) electrons. The maximum atomic E-state index is 6.30. The summed E-state index contributed by atoms with van der Waals surface area (Å²) >= 11 is 0. The second-order valence-corrected chi connectivity index (χ2v) is 17.7. The van der Waals surface area contributed by atoms with Crippen molar-refractivity contribution >= 4 is 71.6 Å². The highest BCUT2D eigenvalue weighted by Crippen LogP contribution is 2.52. The number of hydrogen-bond donors (Lipinski definition) is 0. The van der Waals surface area contributed by atoms with E-state index >= 15 is 0 Å². The lowest BCUT2D eigenvalue weighted by molar-refractivity contribution is 0.660. The Balaban J connectivity index is 0.916. The molecule has 302 valence electrons. The van der Waals surface area contributed by atoms with Crippen molar-refractivity contribution in [3.63, 3.8) is 0 Å². The number of furan rings is 1. The van der Waals surface area contributed by atoms with E-state index in [0.717, 1.165) is 39.0 Å². The van der Waals surface area contributed by atoms with Gasteiger partial charge in [0, 0.05) is 49.7 Å². The van der Waals surface area contributed by atoms with Crippen LogP contribution in [0, 0.1) is 0 Å². The highest BCUT2D eigenvalue weighted by atomic mass is 16.3. The van der Waals surface area contributed by atoms with Gasteiger partial charge < -0.3 is 13.9 Å². The summed E-state index contributed by atoms with van der Waals surface area (Å²) in [5.41, 5.74) is 18.6. The average molecular weight is 819 g/mol. The van der Waals surface area contributed by atoms with E-state index in [9.17, 15) is 0 Å². The van der Waals surface area contributed by atoms with Crippen LogP contribution in [0.15, 0.2) is 223 Å². The maximum absolute atomic E-state index is 6.30. The van der Waals surface area contributed by atoms with Gasteiger partial charge in [-0.25, -0.2) is 0 Å². The van der Waals surface area contributed by atoms with E-state index in [2.05, 4.69) is 230 Å². The monoisotopic (exact) mass is 818 g/mol. The smallest absolute Gasteiger partial charge is 0.135 e. The van der Waals surface area contributed by atoms with Gasteiger partial charge in [-0.3, -0.25) is 0 Å². The summed E-state index contributed by atoms with van der Waals surface area (Å²) in [4.78, 5) is 2.40. The predicted molar refractivity (Wildman–Crippen MR) is 269 cm³/mol. The number of anilines is 3. The van der Waals surface area contributed by atoms with Gasteiger partial charge in [0.25, 0.3) is 0 Å². The SMILES string of the molecule is CC1(C)c2cc(-c3ccc4c(c3)c3ccccc3n4-c3ccccc3)ccc2-c2ccc(N(c3ccc(-c4cccc5ccccc45)cc3)c3ccc4oc5ccccc5c4c3)cc21. The molecule has 12 aromatic rings. The molecule has 1 aliphatic carbocycles. The third kappa shape index (κ3) is 5.54. The molecule has 2 heterocycles. The Morgan fingerprint density at radius 1 is 0.375 bits per heavy atom. The van der Waals surface area contributed by atoms with E-state index in [0.29, 0.717) is 0 Å². The molecular weight excluding hydrogens is 777 g/mol. The quantitative estimate of drug-likeness (QED) is 0.167. The zero-order valence-corrected chi connectivity index (χ0v) is 35.6. The van der Waals surface area contributed by atoms with E-state index in [1.807, 2.05) is 12.1 Å². The lowest BCUT2D eigenvalue weighted by Gasteiger charge is -2.28. The molecule has 1 aliphatic rings. The summed E-state index contributed by atoms with van der Waals surface area (Å²) in [5.74, 6) is 0. The number of hydrogen-bond acceptors (Lipinski definition) is 2. The second-order valence-electron chi connectivity index (χ2n) is 17.7. The minimum Gasteiger partial charge on any atom is -0.456 e. The lowest BCUT2D eigenvalue weighted by atomic mass is 9.81. The van der Waals surface area contributed by atoms with Crippen molar-refractivity contribution in [2.45, 2.75) is 19.3 Å². The number of nitrogens with zero attached hydrogens (tertiary/aromatic N) is 2. The first-order chi connectivity index (χ1) is 31.5. The van der Waals surface area contributed by atoms with Crippen molar-refractivity contribution in [2.75, 3.05) is 4.90 Å². The molecule has 0 atom stereocenters. The molecule has 0 aliphatic heterocycles. The first-order valence-corrected chi connectivity index (χ1v) is 22.2. The Hall–Kier alpha value is -8.14. The van der Waals surface area contributed by atoms with Gasteiger partial charge in [0.15, 0.2) is 0 Å². The van der Waals surface area contributed by atoms with E-state index in [4.69, 9.17) is 4.42 Å². The molecule has 10 aromatic carbocycles. The zero-order chi connectivity index (χ0) is 42.5. The lowest BCUT2D eigenvalue weighted by Crippen LogP contribution is -2.16. The zero-order valence-electron chi connectivity index (χ0n) is 35.6. The first kappa shape index (κ1) is 36.5. The maximum Gasteiger partial charge on any atom is 0.135 e. The molecule has 0 N–H and O–H groups in total. The fraction of sp³-hybridized carbons (Fsp3) is 0.0492. The molecule has 64 heavy (non-hydrogen) atoms. The molecule has 0 bridgehead atoms. The molecule has 3 heteroatoms. The predicted octanol–water partition coefficient (Wildman–Crippen LogP) is 16.9. The highest BCUT2D eigenvalue weighted by Gasteiger charge is 2.36. The van der Waals surface area contributed by atoms with E-state index < -0.39 is 0 Å². The molecule has 0 unspecified atom stereocenters. The van der Waals surface area contributed by atoms with Gasteiger partial charge in [-0.05, 0) is 140 Å². The minimum absolute atomic E-state index is 0.237. The number of aromatic nitrogens is 1. The standard InChI is InChI=1S/C61H42N2O/c1-61(2)55-36-42(41-26-33-58-53(35-41)51-18-8-10-21-57(51)63(58)43-15-4-3-5-16-43)25-31-49(55)50-32-29-46(38-56(50)61)62(45-30-34-60-54(37-45)52-19-9-11-22-59(52)64-60)44-27-23-40(24-28-44)48-20-12-14-39-13-6-7-17-47(39)48/h3-38H,1-2H3. The third-order valence-electron chi connectivity index (χ3n) is 13.8. The summed E-state index contributed by atoms with van der Waals surface area (Å²) in [5, 5.41) is 7.25. The summed E-state index contributed by atoms with van der Waals surface area (Å²) in [6.45, 7) is 4.77. The fourth-order valence-electron chi connectivity index (χ4n) is 10.6. The third-order valence-corrected chi connectivity index (χ3v) is 13.8. The first-order valence-electron chi connectivity index (χ1n) is 22.2. The number of para-hydroxylation sites is 3. The van der Waals surface area contributed by atoms with Gasteiger partial charge in [-0.1, -0.05) is 147 Å². The van der Waals surface area contributed by atoms with Gasteiger partial charge in [0.1, 0.15) is 11.2 Å². The Morgan fingerprint density at radius 2 is 0.969 bits per heavy atom. The summed E-state index contributed by atoms with van der Waals surface area (Å²) < 4.78 is 8.68. The molecule has 13 rings (SSSR count). The normalized spacial score (nSPS) is 13.0. The fourth-order valence-corrected chi connectivity index (χ4v) is 10.6. The van der Waals surface area contributed by atoms with Gasteiger partial charge in [-0.15, -0.1) is 0 Å². The minimum atomic E-state index is -0.237. The molecule has 0 amide bonds. The molecule has 0 saturated carbocycles. The topological polar surface area (TPSA) is 21.3 Å². The Bertz CT molecular complexity index is 3810. The molecule has 0 saturated heterocycles. The van der Waals surface area contributed by atoms with Crippen molar-refractivity contribution in [1.82, 2.24) is 4.57 Å². The van der Waals surface area contributed by atoms with Crippen molar-refractivity contribution in [3.8, 4) is 39.1 Å². The van der Waals surface area contributed by atoms with Crippen LogP contribution in [0.4, 0.5) is 17.1 Å².